The molecule has 0 aliphatic carbocycles. The van der Waals surface area contributed by atoms with Gasteiger partial charge in [-0.15, -0.1) is 11.3 Å². The number of amides is 1. The van der Waals surface area contributed by atoms with E-state index in [1.807, 2.05) is 0 Å². The van der Waals surface area contributed by atoms with Crippen LogP contribution in [-0.4, -0.2) is 45.3 Å². The number of halogens is 2. The van der Waals surface area contributed by atoms with Crippen molar-refractivity contribution in [1.29, 1.82) is 0 Å². The summed E-state index contributed by atoms with van der Waals surface area (Å²) in [5.41, 5.74) is 3.62. The average molecular weight is 575 g/mol. The third-order valence-corrected chi connectivity index (χ3v) is 9.47. The molecule has 1 fully saturated rings. The van der Waals surface area contributed by atoms with Gasteiger partial charge in [-0.25, -0.2) is 15.0 Å². The molecule has 0 spiro atoms. The van der Waals surface area contributed by atoms with Gasteiger partial charge in [0.1, 0.15) is 22.0 Å². The second-order valence-electron chi connectivity index (χ2n) is 9.91. The Bertz CT molecular complexity index is 1530. The fraction of sp³-hybridized carbons (Fsp3) is 0.385. The number of benzene rings is 1. The van der Waals surface area contributed by atoms with Gasteiger partial charge in [0.05, 0.1) is 38.9 Å². The second kappa shape index (κ2) is 9.85. The number of anilines is 2. The Balaban J connectivity index is 1.36. The van der Waals surface area contributed by atoms with Crippen LogP contribution in [0, 0.1) is 0 Å². The first-order valence-corrected chi connectivity index (χ1v) is 14.7. The maximum Gasteiger partial charge on any atom is 0.234 e. The first-order valence-electron chi connectivity index (χ1n) is 12.1. The summed E-state index contributed by atoms with van der Waals surface area (Å²) in [6, 6.07) is 4.99. The summed E-state index contributed by atoms with van der Waals surface area (Å²) in [7, 11) is 0. The van der Waals surface area contributed by atoms with Gasteiger partial charge in [0.15, 0.2) is 0 Å². The molecule has 192 valence electrons. The molecular formula is C26H25Cl2N5O2S2. The van der Waals surface area contributed by atoms with Crippen molar-refractivity contribution in [2.24, 2.45) is 0 Å². The van der Waals surface area contributed by atoms with E-state index < -0.39 is 0 Å². The van der Waals surface area contributed by atoms with Crippen molar-refractivity contribution in [3.63, 3.8) is 0 Å². The van der Waals surface area contributed by atoms with Crippen molar-refractivity contribution in [2.45, 2.75) is 50.3 Å². The molecule has 0 bridgehead atoms. The van der Waals surface area contributed by atoms with Gasteiger partial charge in [0.25, 0.3) is 0 Å². The summed E-state index contributed by atoms with van der Waals surface area (Å²) in [4.78, 5) is 30.4. The summed E-state index contributed by atoms with van der Waals surface area (Å²) < 4.78 is 7.18. The third-order valence-electron chi connectivity index (χ3n) is 6.72. The number of carbonyl (C=O) groups is 1. The Morgan fingerprint density at radius 1 is 1.22 bits per heavy atom. The quantitative estimate of drug-likeness (QED) is 0.209. The van der Waals surface area contributed by atoms with Gasteiger partial charge < -0.3 is 15.0 Å². The van der Waals surface area contributed by atoms with Crippen molar-refractivity contribution >= 4 is 84.1 Å². The van der Waals surface area contributed by atoms with Crippen LogP contribution in [0.4, 0.5) is 11.5 Å². The van der Waals surface area contributed by atoms with E-state index in [-0.39, 0.29) is 17.3 Å². The van der Waals surface area contributed by atoms with Crippen LogP contribution in [0.15, 0.2) is 29.6 Å². The number of nitrogens with one attached hydrogen (secondary N) is 1. The third kappa shape index (κ3) is 4.88. The molecule has 2 aliphatic heterocycles. The summed E-state index contributed by atoms with van der Waals surface area (Å²) in [5.74, 6) is 1.06. The van der Waals surface area contributed by atoms with Crippen LogP contribution in [0.1, 0.15) is 37.8 Å². The molecule has 4 aromatic rings. The van der Waals surface area contributed by atoms with E-state index in [0.717, 1.165) is 50.8 Å². The number of thiophene rings is 1. The Morgan fingerprint density at radius 3 is 2.81 bits per heavy atom. The molecule has 0 unspecified atom stereocenters. The lowest BCUT2D eigenvalue weighted by Gasteiger charge is -2.34. The van der Waals surface area contributed by atoms with Crippen LogP contribution in [-0.2, 0) is 22.6 Å². The van der Waals surface area contributed by atoms with Crippen LogP contribution in [0.5, 0.6) is 0 Å². The van der Waals surface area contributed by atoms with Crippen molar-refractivity contribution in [2.75, 3.05) is 29.1 Å². The molecular weight excluding hydrogens is 549 g/mol. The molecule has 5 heterocycles. The highest BCUT2D eigenvalue weighted by Crippen LogP contribution is 2.44. The molecule has 1 saturated heterocycles. The number of thioether (sulfide) groups is 1. The summed E-state index contributed by atoms with van der Waals surface area (Å²) in [5, 5.41) is 5.63. The van der Waals surface area contributed by atoms with Gasteiger partial charge in [0, 0.05) is 35.5 Å². The highest BCUT2D eigenvalue weighted by Gasteiger charge is 2.33. The lowest BCUT2D eigenvalue weighted by molar-refractivity contribution is -0.113. The zero-order valence-corrected chi connectivity index (χ0v) is 23.6. The van der Waals surface area contributed by atoms with Gasteiger partial charge >= 0.3 is 0 Å². The second-order valence-corrected chi connectivity index (χ2v) is 12.7. The van der Waals surface area contributed by atoms with Gasteiger partial charge in [-0.3, -0.25) is 4.79 Å². The van der Waals surface area contributed by atoms with Crippen LogP contribution < -0.4 is 10.2 Å². The lowest BCUT2D eigenvalue weighted by atomic mass is 9.90. The molecule has 37 heavy (non-hydrogen) atoms. The minimum Gasteiger partial charge on any atom is -0.370 e. The van der Waals surface area contributed by atoms with Crippen molar-refractivity contribution < 1.29 is 9.53 Å². The zero-order valence-electron chi connectivity index (χ0n) is 20.4. The number of hydrogen-bond acceptors (Lipinski definition) is 8. The average Bonchev–Trinajstić information content (AvgIpc) is 3.51. The van der Waals surface area contributed by atoms with E-state index in [2.05, 4.69) is 34.0 Å². The number of ether oxygens (including phenoxy) is 1. The van der Waals surface area contributed by atoms with E-state index in [9.17, 15) is 4.79 Å². The number of nitrogens with zero attached hydrogens (tertiary/aromatic N) is 4. The predicted molar refractivity (Wildman–Crippen MR) is 153 cm³/mol. The standard InChI is InChI=1S/C26H25Cl2N5O2S2/c1-26(2)10-15-16(11-35-26)23(33-7-3-4-8-33)32-24-20(15)21-22(37-24)25(30-13-29-21)36-12-19(34)31-18-6-5-14(27)9-17(18)28/h5-6,9,13H,3-4,7-8,10-12H2,1-2H3,(H,31,34). The predicted octanol–water partition coefficient (Wildman–Crippen LogP) is 6.73. The minimum absolute atomic E-state index is 0.173. The molecule has 2 aliphatic rings. The Hall–Kier alpha value is -2.17. The first kappa shape index (κ1) is 25.1. The number of rotatable bonds is 5. The first-order chi connectivity index (χ1) is 17.8. The molecule has 0 atom stereocenters. The molecule has 0 saturated carbocycles. The Labute approximate surface area is 232 Å². The Kier molecular flexibility index (Phi) is 6.69. The monoisotopic (exact) mass is 573 g/mol. The van der Waals surface area contributed by atoms with Gasteiger partial charge in [-0.2, -0.15) is 0 Å². The summed E-state index contributed by atoms with van der Waals surface area (Å²) >= 11 is 15.2. The van der Waals surface area contributed by atoms with E-state index in [1.165, 1.54) is 35.7 Å². The molecule has 6 rings (SSSR count). The molecule has 1 N–H and O–H groups in total. The van der Waals surface area contributed by atoms with Crippen molar-refractivity contribution in [3.8, 4) is 0 Å². The van der Waals surface area contributed by atoms with E-state index >= 15 is 0 Å². The largest absolute Gasteiger partial charge is 0.370 e. The molecule has 11 heteroatoms. The Morgan fingerprint density at radius 2 is 2.03 bits per heavy atom. The molecule has 3 aromatic heterocycles. The van der Waals surface area contributed by atoms with Crippen LogP contribution >= 0.6 is 46.3 Å². The maximum atomic E-state index is 12.7. The van der Waals surface area contributed by atoms with Gasteiger partial charge in [0.2, 0.25) is 5.91 Å². The minimum atomic E-state index is -0.260. The van der Waals surface area contributed by atoms with E-state index in [0.29, 0.717) is 22.3 Å². The van der Waals surface area contributed by atoms with Gasteiger partial charge in [-0.05, 0) is 50.5 Å². The smallest absolute Gasteiger partial charge is 0.234 e. The number of carbonyl (C=O) groups excluding carboxylic acids is 1. The number of fused-ring (bicyclic) bond motifs is 5. The fourth-order valence-electron chi connectivity index (χ4n) is 4.97. The molecule has 1 amide bonds. The van der Waals surface area contributed by atoms with Crippen LogP contribution in [0.2, 0.25) is 10.0 Å². The van der Waals surface area contributed by atoms with E-state index in [4.69, 9.17) is 32.9 Å². The lowest BCUT2D eigenvalue weighted by Crippen LogP contribution is -2.33. The highest BCUT2D eigenvalue weighted by molar-refractivity contribution is 8.00. The SMILES string of the molecule is CC1(C)Cc2c(c(N3CCCC3)nc3sc4c(SCC(=O)Nc5ccc(Cl)cc5Cl)ncnc4c23)CO1. The normalized spacial score (nSPS) is 16.9. The van der Waals surface area contributed by atoms with Crippen LogP contribution in [0.3, 0.4) is 0 Å². The van der Waals surface area contributed by atoms with E-state index in [1.54, 1.807) is 35.9 Å². The number of hydrogen-bond donors (Lipinski definition) is 1. The molecule has 0 radical (unpaired) electrons. The fourth-order valence-corrected chi connectivity index (χ4v) is 7.46. The summed E-state index contributed by atoms with van der Waals surface area (Å²) in [6.07, 6.45) is 4.74. The topological polar surface area (TPSA) is 80.2 Å². The van der Waals surface area contributed by atoms with Crippen LogP contribution in [0.25, 0.3) is 20.4 Å². The molecule has 1 aromatic carbocycles. The van der Waals surface area contributed by atoms with Crippen molar-refractivity contribution in [3.05, 3.63) is 45.7 Å². The van der Waals surface area contributed by atoms with Crippen molar-refractivity contribution in [1.82, 2.24) is 15.0 Å². The number of pyridine rings is 1. The maximum absolute atomic E-state index is 12.7. The summed E-state index contributed by atoms with van der Waals surface area (Å²) in [6.45, 7) is 6.86. The number of aromatic nitrogens is 3. The molecule has 7 nitrogen and oxygen atoms in total. The zero-order chi connectivity index (χ0) is 25.7. The van der Waals surface area contributed by atoms with Gasteiger partial charge in [-0.1, -0.05) is 35.0 Å². The highest BCUT2D eigenvalue weighted by atomic mass is 35.5.